The van der Waals surface area contributed by atoms with E-state index < -0.39 is 24.0 Å². The Morgan fingerprint density at radius 1 is 1.47 bits per heavy atom. The van der Waals surface area contributed by atoms with Gasteiger partial charge in [-0.3, -0.25) is 4.79 Å². The lowest BCUT2D eigenvalue weighted by molar-refractivity contribution is 0.0356. The number of rotatable bonds is 5. The van der Waals surface area contributed by atoms with Gasteiger partial charge < -0.3 is 25.0 Å². The first-order valence-corrected chi connectivity index (χ1v) is 11.0. The molecule has 0 unspecified atom stereocenters. The molecule has 0 aliphatic carbocycles. The summed E-state index contributed by atoms with van der Waals surface area (Å²) in [6.45, 7) is 4.03. The molecular formula is C22H26BrFN4O4. The van der Waals surface area contributed by atoms with Crippen LogP contribution in [0.2, 0.25) is 0 Å². The van der Waals surface area contributed by atoms with Gasteiger partial charge in [0.05, 0.1) is 19.2 Å². The molecule has 1 aliphatic rings. The second-order valence-electron chi connectivity index (χ2n) is 7.95. The SMILES string of the molecule is C[C@@H]1CN([C@H](C)CO)C(=O)c2cc(Br)cnc2O[C@@H]1CN(C)C(=O)Nc1cccc(F)c1. The summed E-state index contributed by atoms with van der Waals surface area (Å²) in [6, 6.07) is 6.46. The van der Waals surface area contributed by atoms with E-state index in [4.69, 9.17) is 4.74 Å². The fourth-order valence-corrected chi connectivity index (χ4v) is 3.76. The molecule has 0 saturated carbocycles. The number of hydrogen-bond acceptors (Lipinski definition) is 5. The standard InChI is InChI=1S/C22H26BrFN4O4/c1-13-10-28(14(2)12-29)21(30)18-7-15(23)9-25-20(18)32-19(13)11-27(3)22(31)26-17-6-4-5-16(24)8-17/h4-9,13-14,19,29H,10-12H2,1-3H3,(H,26,31)/t13-,14-,19-/m1/s1. The zero-order chi connectivity index (χ0) is 23.4. The number of carbonyl (C=O) groups is 2. The first-order valence-electron chi connectivity index (χ1n) is 10.2. The Balaban J connectivity index is 1.82. The average Bonchev–Trinajstić information content (AvgIpc) is 2.76. The molecule has 32 heavy (non-hydrogen) atoms. The lowest BCUT2D eigenvalue weighted by atomic mass is 10.0. The van der Waals surface area contributed by atoms with Crippen LogP contribution in [-0.4, -0.2) is 70.7 Å². The second-order valence-corrected chi connectivity index (χ2v) is 8.87. The number of aliphatic hydroxyl groups excluding tert-OH is 1. The van der Waals surface area contributed by atoms with Crippen molar-refractivity contribution in [3.63, 3.8) is 0 Å². The van der Waals surface area contributed by atoms with Crippen molar-refractivity contribution < 1.29 is 23.8 Å². The molecule has 3 rings (SSSR count). The molecule has 0 spiro atoms. The summed E-state index contributed by atoms with van der Waals surface area (Å²) >= 11 is 3.33. The number of aromatic nitrogens is 1. The predicted octanol–water partition coefficient (Wildman–Crippen LogP) is 3.37. The molecule has 3 atom stereocenters. The number of amides is 3. The highest BCUT2D eigenvalue weighted by Gasteiger charge is 2.34. The quantitative estimate of drug-likeness (QED) is 0.645. The minimum atomic E-state index is -0.479. The molecule has 172 valence electrons. The van der Waals surface area contributed by atoms with E-state index in [2.05, 4.69) is 26.2 Å². The summed E-state index contributed by atoms with van der Waals surface area (Å²) < 4.78 is 20.1. The Hall–Kier alpha value is -2.72. The number of nitrogens with zero attached hydrogens (tertiary/aromatic N) is 3. The number of carbonyl (C=O) groups excluding carboxylic acids is 2. The molecule has 0 fully saturated rings. The first-order chi connectivity index (χ1) is 15.2. The molecule has 3 amide bonds. The van der Waals surface area contributed by atoms with Gasteiger partial charge in [-0.05, 0) is 47.1 Å². The lowest BCUT2D eigenvalue weighted by Gasteiger charge is -2.37. The van der Waals surface area contributed by atoms with Gasteiger partial charge in [0, 0.05) is 35.9 Å². The van der Waals surface area contributed by atoms with Crippen molar-refractivity contribution in [2.24, 2.45) is 5.92 Å². The van der Waals surface area contributed by atoms with Gasteiger partial charge in [-0.15, -0.1) is 0 Å². The summed E-state index contributed by atoms with van der Waals surface area (Å²) in [4.78, 5) is 33.1. The highest BCUT2D eigenvalue weighted by atomic mass is 79.9. The molecule has 0 saturated heterocycles. The van der Waals surface area contributed by atoms with Gasteiger partial charge in [0.1, 0.15) is 17.5 Å². The first kappa shape index (κ1) is 23.9. The zero-order valence-electron chi connectivity index (χ0n) is 18.1. The average molecular weight is 509 g/mol. The summed E-state index contributed by atoms with van der Waals surface area (Å²) in [5, 5.41) is 12.3. The van der Waals surface area contributed by atoms with Crippen LogP contribution >= 0.6 is 15.9 Å². The van der Waals surface area contributed by atoms with Gasteiger partial charge in [-0.2, -0.15) is 0 Å². The molecule has 1 aliphatic heterocycles. The number of benzene rings is 1. The highest BCUT2D eigenvalue weighted by Crippen LogP contribution is 2.28. The number of fused-ring (bicyclic) bond motifs is 1. The molecule has 0 bridgehead atoms. The number of nitrogens with one attached hydrogen (secondary N) is 1. The molecule has 2 heterocycles. The van der Waals surface area contributed by atoms with Crippen LogP contribution in [0, 0.1) is 11.7 Å². The Morgan fingerprint density at radius 2 is 2.22 bits per heavy atom. The van der Waals surface area contributed by atoms with Crippen LogP contribution < -0.4 is 10.1 Å². The Labute approximate surface area is 194 Å². The number of hydrogen-bond donors (Lipinski definition) is 2. The molecule has 8 nitrogen and oxygen atoms in total. The maximum absolute atomic E-state index is 13.4. The topological polar surface area (TPSA) is 95.0 Å². The van der Waals surface area contributed by atoms with Crippen molar-refractivity contribution in [2.75, 3.05) is 32.1 Å². The molecule has 10 heteroatoms. The fourth-order valence-electron chi connectivity index (χ4n) is 3.43. The van der Waals surface area contributed by atoms with E-state index in [1.165, 1.54) is 29.3 Å². The van der Waals surface area contributed by atoms with Crippen molar-refractivity contribution in [1.29, 1.82) is 0 Å². The van der Waals surface area contributed by atoms with Gasteiger partial charge in [0.15, 0.2) is 0 Å². The van der Waals surface area contributed by atoms with Gasteiger partial charge in [0.25, 0.3) is 5.91 Å². The number of aliphatic hydroxyl groups is 1. The van der Waals surface area contributed by atoms with E-state index in [0.717, 1.165) is 0 Å². The van der Waals surface area contributed by atoms with E-state index in [9.17, 15) is 19.1 Å². The summed E-state index contributed by atoms with van der Waals surface area (Å²) in [7, 11) is 1.61. The molecule has 0 radical (unpaired) electrons. The van der Waals surface area contributed by atoms with Gasteiger partial charge in [-0.25, -0.2) is 14.2 Å². The van der Waals surface area contributed by atoms with Gasteiger partial charge >= 0.3 is 6.03 Å². The summed E-state index contributed by atoms with van der Waals surface area (Å²) in [5.74, 6) is -0.725. The van der Waals surface area contributed by atoms with Crippen LogP contribution in [0.25, 0.3) is 0 Å². The molecule has 2 aromatic rings. The third kappa shape index (κ3) is 5.55. The Bertz CT molecular complexity index is 992. The van der Waals surface area contributed by atoms with Crippen molar-refractivity contribution in [3.8, 4) is 5.88 Å². The van der Waals surface area contributed by atoms with Crippen LogP contribution in [0.4, 0.5) is 14.9 Å². The normalized spacial score (nSPS) is 19.3. The minimum Gasteiger partial charge on any atom is -0.472 e. The largest absolute Gasteiger partial charge is 0.472 e. The number of ether oxygens (including phenoxy) is 1. The number of urea groups is 1. The second kappa shape index (κ2) is 10.3. The molecular weight excluding hydrogens is 483 g/mol. The molecule has 2 N–H and O–H groups in total. The monoisotopic (exact) mass is 508 g/mol. The predicted molar refractivity (Wildman–Crippen MR) is 121 cm³/mol. The molecule has 1 aromatic heterocycles. The van der Waals surface area contributed by atoms with E-state index in [0.29, 0.717) is 16.7 Å². The number of halogens is 2. The van der Waals surface area contributed by atoms with Crippen LogP contribution in [0.3, 0.4) is 0 Å². The maximum Gasteiger partial charge on any atom is 0.321 e. The third-order valence-electron chi connectivity index (χ3n) is 5.36. The smallest absolute Gasteiger partial charge is 0.321 e. The van der Waals surface area contributed by atoms with E-state index in [1.807, 2.05) is 6.92 Å². The van der Waals surface area contributed by atoms with Gasteiger partial charge in [-0.1, -0.05) is 13.0 Å². The molecule has 1 aromatic carbocycles. The van der Waals surface area contributed by atoms with E-state index >= 15 is 0 Å². The zero-order valence-corrected chi connectivity index (χ0v) is 19.7. The number of pyridine rings is 1. The van der Waals surface area contributed by atoms with Crippen LogP contribution in [-0.2, 0) is 0 Å². The van der Waals surface area contributed by atoms with Crippen LogP contribution in [0.5, 0.6) is 5.88 Å². The minimum absolute atomic E-state index is 0.170. The Morgan fingerprint density at radius 3 is 2.91 bits per heavy atom. The van der Waals surface area contributed by atoms with E-state index in [1.54, 1.807) is 31.0 Å². The fraction of sp³-hybridized carbons (Fsp3) is 0.409. The maximum atomic E-state index is 13.4. The number of likely N-dealkylation sites (N-methyl/N-ethyl adjacent to an activating group) is 1. The Kier molecular flexibility index (Phi) is 7.68. The summed E-state index contributed by atoms with van der Waals surface area (Å²) in [5.41, 5.74) is 0.627. The third-order valence-corrected chi connectivity index (χ3v) is 5.80. The van der Waals surface area contributed by atoms with Crippen LogP contribution in [0.1, 0.15) is 24.2 Å². The lowest BCUT2D eigenvalue weighted by Crippen LogP contribution is -2.50. The van der Waals surface area contributed by atoms with Crippen LogP contribution in [0.15, 0.2) is 41.0 Å². The van der Waals surface area contributed by atoms with Gasteiger partial charge in [0.2, 0.25) is 5.88 Å². The van der Waals surface area contributed by atoms with Crippen molar-refractivity contribution in [3.05, 3.63) is 52.4 Å². The highest BCUT2D eigenvalue weighted by molar-refractivity contribution is 9.10. The van der Waals surface area contributed by atoms with Crippen molar-refractivity contribution in [2.45, 2.75) is 26.0 Å². The van der Waals surface area contributed by atoms with Crippen molar-refractivity contribution >= 4 is 33.6 Å². The van der Waals surface area contributed by atoms with E-state index in [-0.39, 0.29) is 36.4 Å². The number of anilines is 1. The summed E-state index contributed by atoms with van der Waals surface area (Å²) in [6.07, 6.45) is 1.06. The van der Waals surface area contributed by atoms with Crippen molar-refractivity contribution in [1.82, 2.24) is 14.8 Å².